The number of ether oxygens (including phenoxy) is 3. The average Bonchev–Trinajstić information content (AvgIpc) is 2.92. The molecule has 0 amide bonds. The fourth-order valence-corrected chi connectivity index (χ4v) is 4.29. The van der Waals surface area contributed by atoms with Crippen LogP contribution in [0.4, 0.5) is 11.8 Å². The van der Waals surface area contributed by atoms with Gasteiger partial charge in [0.2, 0.25) is 11.8 Å². The van der Waals surface area contributed by atoms with Crippen LogP contribution < -0.4 is 24.0 Å². The standard InChI is InChI=1S/C26H27N5O3/c1-32-19-8-9-20(22(17-19)33-2)21-6-4-5-18-7-10-23(28-25(18)21)30-13-15-31(16-14-30)26-27-12-11-24(29-26)34-3/h4-12,17H,13-16H2,1-3H3. The smallest absolute Gasteiger partial charge is 0.228 e. The first-order valence-electron chi connectivity index (χ1n) is 11.2. The Morgan fingerprint density at radius 1 is 0.735 bits per heavy atom. The molecule has 8 nitrogen and oxygen atoms in total. The Kier molecular flexibility index (Phi) is 6.03. The van der Waals surface area contributed by atoms with Gasteiger partial charge < -0.3 is 24.0 Å². The van der Waals surface area contributed by atoms with Gasteiger partial charge >= 0.3 is 0 Å². The monoisotopic (exact) mass is 457 g/mol. The second-order valence-electron chi connectivity index (χ2n) is 7.99. The number of piperazine rings is 1. The van der Waals surface area contributed by atoms with E-state index in [4.69, 9.17) is 19.2 Å². The molecule has 174 valence electrons. The van der Waals surface area contributed by atoms with Gasteiger partial charge in [0.15, 0.2) is 0 Å². The average molecular weight is 458 g/mol. The van der Waals surface area contributed by atoms with Crippen LogP contribution in [0.3, 0.4) is 0 Å². The van der Waals surface area contributed by atoms with Crippen LogP contribution >= 0.6 is 0 Å². The second kappa shape index (κ2) is 9.43. The third kappa shape index (κ3) is 4.14. The summed E-state index contributed by atoms with van der Waals surface area (Å²) < 4.78 is 16.3. The Morgan fingerprint density at radius 3 is 2.32 bits per heavy atom. The predicted octanol–water partition coefficient (Wildman–Crippen LogP) is 4.04. The van der Waals surface area contributed by atoms with Crippen LogP contribution in [-0.2, 0) is 0 Å². The van der Waals surface area contributed by atoms with E-state index in [-0.39, 0.29) is 0 Å². The minimum Gasteiger partial charge on any atom is -0.497 e. The van der Waals surface area contributed by atoms with Gasteiger partial charge in [-0.1, -0.05) is 18.2 Å². The van der Waals surface area contributed by atoms with Crippen LogP contribution in [-0.4, -0.2) is 62.5 Å². The predicted molar refractivity (Wildman–Crippen MR) is 133 cm³/mol. The van der Waals surface area contributed by atoms with Crippen molar-refractivity contribution in [3.63, 3.8) is 0 Å². The van der Waals surface area contributed by atoms with Crippen molar-refractivity contribution in [1.29, 1.82) is 0 Å². The van der Waals surface area contributed by atoms with Gasteiger partial charge in [0.05, 0.1) is 26.8 Å². The summed E-state index contributed by atoms with van der Waals surface area (Å²) in [6.07, 6.45) is 1.73. The third-order valence-corrected chi connectivity index (χ3v) is 6.12. The van der Waals surface area contributed by atoms with Crippen molar-refractivity contribution in [2.24, 2.45) is 0 Å². The molecule has 0 N–H and O–H groups in total. The van der Waals surface area contributed by atoms with Crippen molar-refractivity contribution in [2.45, 2.75) is 0 Å². The van der Waals surface area contributed by atoms with Crippen molar-refractivity contribution >= 4 is 22.7 Å². The summed E-state index contributed by atoms with van der Waals surface area (Å²) in [7, 11) is 4.94. The summed E-state index contributed by atoms with van der Waals surface area (Å²) in [5, 5.41) is 1.09. The van der Waals surface area contributed by atoms with E-state index in [1.165, 1.54) is 0 Å². The van der Waals surface area contributed by atoms with E-state index in [1.807, 2.05) is 18.2 Å². The highest BCUT2D eigenvalue weighted by molar-refractivity contribution is 5.96. The Hall–Kier alpha value is -4.07. The number of hydrogen-bond donors (Lipinski definition) is 0. The SMILES string of the molecule is COc1ccc(-c2cccc3ccc(N4CCN(c5nccc(OC)n5)CC4)nc23)c(OC)c1. The zero-order valence-corrected chi connectivity index (χ0v) is 19.6. The van der Waals surface area contributed by atoms with Gasteiger partial charge in [0.25, 0.3) is 0 Å². The highest BCUT2D eigenvalue weighted by Gasteiger charge is 2.21. The number of anilines is 2. The lowest BCUT2D eigenvalue weighted by molar-refractivity contribution is 0.395. The summed E-state index contributed by atoms with van der Waals surface area (Å²) in [6.45, 7) is 3.27. The van der Waals surface area contributed by atoms with Gasteiger partial charge in [0, 0.05) is 61.0 Å². The number of methoxy groups -OCH3 is 3. The molecule has 0 atom stereocenters. The molecule has 1 saturated heterocycles. The van der Waals surface area contributed by atoms with Gasteiger partial charge in [-0.3, -0.25) is 0 Å². The molecule has 0 bridgehead atoms. The van der Waals surface area contributed by atoms with E-state index in [2.05, 4.69) is 50.1 Å². The maximum atomic E-state index is 5.66. The zero-order valence-electron chi connectivity index (χ0n) is 19.6. The minimum absolute atomic E-state index is 0.574. The van der Waals surface area contributed by atoms with Crippen molar-refractivity contribution in [2.75, 3.05) is 57.3 Å². The van der Waals surface area contributed by atoms with Crippen LogP contribution in [0.2, 0.25) is 0 Å². The number of aromatic nitrogens is 3. The van der Waals surface area contributed by atoms with Crippen LogP contribution in [0.15, 0.2) is 60.8 Å². The molecule has 1 fully saturated rings. The van der Waals surface area contributed by atoms with Gasteiger partial charge in [-0.15, -0.1) is 0 Å². The second-order valence-corrected chi connectivity index (χ2v) is 7.99. The number of benzene rings is 2. The molecule has 0 saturated carbocycles. The summed E-state index contributed by atoms with van der Waals surface area (Å²) >= 11 is 0. The van der Waals surface area contributed by atoms with E-state index >= 15 is 0 Å². The van der Waals surface area contributed by atoms with Crippen molar-refractivity contribution in [3.05, 3.63) is 60.8 Å². The molecule has 0 radical (unpaired) electrons. The van der Waals surface area contributed by atoms with Crippen LogP contribution in [0, 0.1) is 0 Å². The molecule has 0 unspecified atom stereocenters. The largest absolute Gasteiger partial charge is 0.497 e. The topological polar surface area (TPSA) is 72.8 Å². The lowest BCUT2D eigenvalue weighted by Crippen LogP contribution is -2.47. The number of rotatable bonds is 6. The molecule has 0 aliphatic carbocycles. The minimum atomic E-state index is 0.574. The van der Waals surface area contributed by atoms with Crippen molar-refractivity contribution < 1.29 is 14.2 Å². The maximum Gasteiger partial charge on any atom is 0.228 e. The fraction of sp³-hybridized carbons (Fsp3) is 0.269. The highest BCUT2D eigenvalue weighted by Crippen LogP contribution is 2.37. The number of fused-ring (bicyclic) bond motifs is 1. The first-order chi connectivity index (χ1) is 16.7. The van der Waals surface area contributed by atoms with Crippen molar-refractivity contribution in [1.82, 2.24) is 15.0 Å². The fourth-order valence-electron chi connectivity index (χ4n) is 4.29. The Labute approximate surface area is 198 Å². The molecule has 4 aromatic rings. The third-order valence-electron chi connectivity index (χ3n) is 6.12. The maximum absolute atomic E-state index is 5.66. The van der Waals surface area contributed by atoms with Gasteiger partial charge in [-0.25, -0.2) is 9.97 Å². The van der Waals surface area contributed by atoms with Crippen LogP contribution in [0.1, 0.15) is 0 Å². The Bertz CT molecular complexity index is 1300. The molecule has 1 aliphatic rings. The van der Waals surface area contributed by atoms with Gasteiger partial charge in [0.1, 0.15) is 17.3 Å². The molecule has 34 heavy (non-hydrogen) atoms. The molecule has 2 aromatic heterocycles. The number of hydrogen-bond acceptors (Lipinski definition) is 8. The molecule has 0 spiro atoms. The highest BCUT2D eigenvalue weighted by atomic mass is 16.5. The number of nitrogens with zero attached hydrogens (tertiary/aromatic N) is 5. The summed E-state index contributed by atoms with van der Waals surface area (Å²) in [4.78, 5) is 18.4. The summed E-state index contributed by atoms with van der Waals surface area (Å²) in [5.41, 5.74) is 2.96. The van der Waals surface area contributed by atoms with Crippen LogP contribution in [0.5, 0.6) is 17.4 Å². The first-order valence-corrected chi connectivity index (χ1v) is 11.2. The van der Waals surface area contributed by atoms with E-state index in [9.17, 15) is 0 Å². The molecule has 2 aromatic carbocycles. The van der Waals surface area contributed by atoms with Gasteiger partial charge in [-0.05, 0) is 24.3 Å². The lowest BCUT2D eigenvalue weighted by atomic mass is 10.0. The molecule has 1 aliphatic heterocycles. The van der Waals surface area contributed by atoms with E-state index in [0.717, 1.165) is 65.5 Å². The van der Waals surface area contributed by atoms with E-state index in [0.29, 0.717) is 11.8 Å². The molecule has 5 rings (SSSR count). The lowest BCUT2D eigenvalue weighted by Gasteiger charge is -2.35. The summed E-state index contributed by atoms with van der Waals surface area (Å²) in [5.74, 6) is 3.74. The molecule has 8 heteroatoms. The van der Waals surface area contributed by atoms with Crippen molar-refractivity contribution in [3.8, 4) is 28.5 Å². The van der Waals surface area contributed by atoms with Crippen LogP contribution in [0.25, 0.3) is 22.0 Å². The number of pyridine rings is 1. The van der Waals surface area contributed by atoms with E-state index in [1.54, 1.807) is 33.6 Å². The molecular formula is C26H27N5O3. The Balaban J connectivity index is 1.43. The summed E-state index contributed by atoms with van der Waals surface area (Å²) in [6, 6.07) is 18.1. The van der Waals surface area contributed by atoms with E-state index < -0.39 is 0 Å². The first kappa shape index (κ1) is 21.8. The Morgan fingerprint density at radius 2 is 1.56 bits per heavy atom. The quantitative estimate of drug-likeness (QED) is 0.430. The van der Waals surface area contributed by atoms with Gasteiger partial charge in [-0.2, -0.15) is 4.98 Å². The zero-order chi connectivity index (χ0) is 23.5. The number of para-hydroxylation sites is 1. The molecule has 3 heterocycles. The normalized spacial score (nSPS) is 13.7. The molecular weight excluding hydrogens is 430 g/mol.